The normalized spacial score (nSPS) is 10.5. The number of nitrogens with zero attached hydrogens (tertiary/aromatic N) is 2. The second kappa shape index (κ2) is 5.53. The van der Waals surface area contributed by atoms with Gasteiger partial charge in [-0.15, -0.1) is 0 Å². The lowest BCUT2D eigenvalue weighted by Crippen LogP contribution is -2.40. The predicted octanol–water partition coefficient (Wildman–Crippen LogP) is 1.13. The Hall–Kier alpha value is -2.41. The van der Waals surface area contributed by atoms with Crippen LogP contribution in [0.1, 0.15) is 10.4 Å². The minimum Gasteiger partial charge on any atom is -0.322 e. The van der Waals surface area contributed by atoms with Crippen molar-refractivity contribution in [3.05, 3.63) is 61.6 Å². The Morgan fingerprint density at radius 1 is 1.29 bits per heavy atom. The molecule has 21 heavy (non-hydrogen) atoms. The van der Waals surface area contributed by atoms with E-state index in [0.717, 1.165) is 21.4 Å². The zero-order valence-corrected chi connectivity index (χ0v) is 11.9. The first kappa shape index (κ1) is 15.0. The minimum atomic E-state index is -0.719. The molecule has 0 saturated carbocycles. The Bertz CT molecular complexity index is 842. The van der Waals surface area contributed by atoms with Crippen LogP contribution in [0, 0.1) is 5.82 Å². The number of anilines is 1. The molecule has 1 aromatic carbocycles. The van der Waals surface area contributed by atoms with Gasteiger partial charge in [0.1, 0.15) is 11.4 Å². The maximum absolute atomic E-state index is 13.0. The molecule has 0 atom stereocenters. The van der Waals surface area contributed by atoms with Gasteiger partial charge in [-0.25, -0.2) is 9.18 Å². The lowest BCUT2D eigenvalue weighted by molar-refractivity contribution is 0.102. The summed E-state index contributed by atoms with van der Waals surface area (Å²) < 4.78 is 15.0. The lowest BCUT2D eigenvalue weighted by Gasteiger charge is -2.08. The number of rotatable bonds is 2. The van der Waals surface area contributed by atoms with E-state index in [2.05, 4.69) is 5.32 Å². The first-order valence-electron chi connectivity index (χ1n) is 5.84. The number of aryl methyl sites for hydroxylation is 1. The van der Waals surface area contributed by atoms with Crippen molar-refractivity contribution in [2.45, 2.75) is 0 Å². The molecule has 1 amide bonds. The molecule has 0 unspecified atom stereocenters. The quantitative estimate of drug-likeness (QED) is 0.903. The maximum Gasteiger partial charge on any atom is 0.330 e. The molecule has 0 aliphatic carbocycles. The SMILES string of the molecule is Cn1cc(C(=O)Nc2ccc(F)c(Cl)c2)c(=O)n(C)c1=O. The van der Waals surface area contributed by atoms with Crippen LogP contribution < -0.4 is 16.6 Å². The fraction of sp³-hybridized carbons (Fsp3) is 0.154. The highest BCUT2D eigenvalue weighted by Crippen LogP contribution is 2.19. The van der Waals surface area contributed by atoms with Crippen molar-refractivity contribution in [1.82, 2.24) is 9.13 Å². The third-order valence-electron chi connectivity index (χ3n) is 2.87. The molecule has 2 rings (SSSR count). The average molecular weight is 312 g/mol. The number of halogens is 2. The van der Waals surface area contributed by atoms with Crippen LogP contribution in [0.2, 0.25) is 5.02 Å². The summed E-state index contributed by atoms with van der Waals surface area (Å²) in [5.41, 5.74) is -1.23. The Morgan fingerprint density at radius 3 is 2.57 bits per heavy atom. The highest BCUT2D eigenvalue weighted by atomic mass is 35.5. The van der Waals surface area contributed by atoms with Gasteiger partial charge in [0.15, 0.2) is 0 Å². The van der Waals surface area contributed by atoms with Gasteiger partial charge < -0.3 is 9.88 Å². The van der Waals surface area contributed by atoms with Crippen molar-refractivity contribution >= 4 is 23.2 Å². The molecular weight excluding hydrogens is 301 g/mol. The second-order valence-electron chi connectivity index (χ2n) is 4.38. The summed E-state index contributed by atoms with van der Waals surface area (Å²) in [5, 5.41) is 2.27. The van der Waals surface area contributed by atoms with E-state index in [0.29, 0.717) is 0 Å². The van der Waals surface area contributed by atoms with Crippen LogP contribution in [0.5, 0.6) is 0 Å². The number of carbonyl (C=O) groups excluding carboxylic acids is 1. The van der Waals surface area contributed by atoms with Crippen LogP contribution in [0.25, 0.3) is 0 Å². The molecule has 0 spiro atoms. The van der Waals surface area contributed by atoms with E-state index in [1.54, 1.807) is 0 Å². The van der Waals surface area contributed by atoms with Gasteiger partial charge in [0.2, 0.25) is 0 Å². The Morgan fingerprint density at radius 2 is 1.95 bits per heavy atom. The molecule has 8 heteroatoms. The van der Waals surface area contributed by atoms with Crippen molar-refractivity contribution in [3.8, 4) is 0 Å². The van der Waals surface area contributed by atoms with E-state index in [-0.39, 0.29) is 16.3 Å². The number of carbonyl (C=O) groups is 1. The van der Waals surface area contributed by atoms with Gasteiger partial charge in [0.05, 0.1) is 5.02 Å². The molecule has 6 nitrogen and oxygen atoms in total. The second-order valence-corrected chi connectivity index (χ2v) is 4.79. The van der Waals surface area contributed by atoms with Crippen LogP contribution >= 0.6 is 11.6 Å². The fourth-order valence-corrected chi connectivity index (χ4v) is 1.92. The van der Waals surface area contributed by atoms with E-state index >= 15 is 0 Å². The topological polar surface area (TPSA) is 73.1 Å². The third-order valence-corrected chi connectivity index (χ3v) is 3.16. The van der Waals surface area contributed by atoms with E-state index in [9.17, 15) is 18.8 Å². The largest absolute Gasteiger partial charge is 0.330 e. The molecule has 1 aromatic heterocycles. The minimum absolute atomic E-state index is 0.152. The van der Waals surface area contributed by atoms with Crippen LogP contribution in [0.3, 0.4) is 0 Å². The molecular formula is C13H11ClFN3O3. The molecule has 0 radical (unpaired) electrons. The summed E-state index contributed by atoms with van der Waals surface area (Å²) in [7, 11) is 2.70. The highest BCUT2D eigenvalue weighted by Gasteiger charge is 2.15. The monoisotopic (exact) mass is 311 g/mol. The molecule has 1 N–H and O–H groups in total. The number of aromatic nitrogens is 2. The molecule has 110 valence electrons. The van der Waals surface area contributed by atoms with Gasteiger partial charge in [-0.3, -0.25) is 14.2 Å². The first-order valence-corrected chi connectivity index (χ1v) is 6.22. The van der Waals surface area contributed by atoms with Gasteiger partial charge in [0.25, 0.3) is 11.5 Å². The van der Waals surface area contributed by atoms with E-state index in [1.165, 1.54) is 26.2 Å². The molecule has 0 aliphatic rings. The molecule has 1 heterocycles. The number of benzene rings is 1. The zero-order chi connectivity index (χ0) is 15.7. The summed E-state index contributed by atoms with van der Waals surface area (Å²) in [6.45, 7) is 0. The van der Waals surface area contributed by atoms with E-state index in [1.807, 2.05) is 0 Å². The smallest absolute Gasteiger partial charge is 0.322 e. The Labute approximate surface area is 123 Å². The summed E-state index contributed by atoms with van der Waals surface area (Å²) in [6.07, 6.45) is 1.14. The predicted molar refractivity (Wildman–Crippen MR) is 76.3 cm³/mol. The van der Waals surface area contributed by atoms with Crippen molar-refractivity contribution in [1.29, 1.82) is 0 Å². The number of hydrogen-bond donors (Lipinski definition) is 1. The summed E-state index contributed by atoms with van der Waals surface area (Å²) in [5.74, 6) is -1.33. The van der Waals surface area contributed by atoms with Gasteiger partial charge >= 0.3 is 5.69 Å². The van der Waals surface area contributed by atoms with Gasteiger partial charge in [-0.05, 0) is 18.2 Å². The van der Waals surface area contributed by atoms with Gasteiger partial charge in [0, 0.05) is 26.0 Å². The summed E-state index contributed by atoms with van der Waals surface area (Å²) in [4.78, 5) is 35.5. The van der Waals surface area contributed by atoms with Gasteiger partial charge in [-0.1, -0.05) is 11.6 Å². The van der Waals surface area contributed by atoms with Crippen molar-refractivity contribution in [2.24, 2.45) is 14.1 Å². The number of hydrogen-bond acceptors (Lipinski definition) is 3. The van der Waals surface area contributed by atoms with Gasteiger partial charge in [-0.2, -0.15) is 0 Å². The summed E-state index contributed by atoms with van der Waals surface area (Å²) in [6, 6.07) is 3.63. The number of amides is 1. The standard InChI is InChI=1S/C13H11ClFN3O3/c1-17-6-8(12(20)18(2)13(17)21)11(19)16-7-3-4-10(15)9(14)5-7/h3-6H,1-2H3,(H,16,19). The zero-order valence-electron chi connectivity index (χ0n) is 11.2. The van der Waals surface area contributed by atoms with Crippen molar-refractivity contribution < 1.29 is 9.18 Å². The van der Waals surface area contributed by atoms with E-state index in [4.69, 9.17) is 11.6 Å². The third kappa shape index (κ3) is 2.87. The molecule has 0 fully saturated rings. The first-order chi connectivity index (χ1) is 9.81. The molecule has 2 aromatic rings. The Balaban J connectivity index is 2.39. The summed E-state index contributed by atoms with van der Waals surface area (Å²) >= 11 is 5.61. The maximum atomic E-state index is 13.0. The van der Waals surface area contributed by atoms with Crippen LogP contribution in [-0.2, 0) is 14.1 Å². The van der Waals surface area contributed by atoms with Crippen LogP contribution in [0.4, 0.5) is 10.1 Å². The van der Waals surface area contributed by atoms with E-state index < -0.39 is 23.0 Å². The van der Waals surface area contributed by atoms with Crippen molar-refractivity contribution in [3.63, 3.8) is 0 Å². The fourth-order valence-electron chi connectivity index (χ4n) is 1.74. The molecule has 0 saturated heterocycles. The average Bonchev–Trinajstić information content (AvgIpc) is 2.44. The van der Waals surface area contributed by atoms with Crippen molar-refractivity contribution in [2.75, 3.05) is 5.32 Å². The van der Waals surface area contributed by atoms with Crippen LogP contribution in [0.15, 0.2) is 34.0 Å². The Kier molecular flexibility index (Phi) is 3.95. The van der Waals surface area contributed by atoms with Crippen LogP contribution in [-0.4, -0.2) is 15.0 Å². The lowest BCUT2D eigenvalue weighted by atomic mass is 10.2. The molecule has 0 bridgehead atoms. The highest BCUT2D eigenvalue weighted by molar-refractivity contribution is 6.31. The number of nitrogens with one attached hydrogen (secondary N) is 1. The molecule has 0 aliphatic heterocycles.